The first kappa shape index (κ1) is 16.1. The second-order valence-electron chi connectivity index (χ2n) is 4.22. The van der Waals surface area contributed by atoms with E-state index in [2.05, 4.69) is 5.32 Å². The summed E-state index contributed by atoms with van der Waals surface area (Å²) in [6, 6.07) is 1.88. The molecule has 112 valence electrons. The van der Waals surface area contributed by atoms with Gasteiger partial charge in [-0.2, -0.15) is 0 Å². The summed E-state index contributed by atoms with van der Waals surface area (Å²) in [5.41, 5.74) is 0.114. The van der Waals surface area contributed by atoms with Gasteiger partial charge in [0.2, 0.25) is 0 Å². The molecule has 0 aliphatic heterocycles. The minimum Gasteiger partial charge on any atom is -0.481 e. The molecule has 1 amide bonds. The molecule has 0 radical (unpaired) electrons. The van der Waals surface area contributed by atoms with Crippen molar-refractivity contribution in [3.8, 4) is 0 Å². The third-order valence-corrected chi connectivity index (χ3v) is 2.65. The van der Waals surface area contributed by atoms with Crippen LogP contribution in [0, 0.1) is 17.0 Å². The topological polar surface area (TPSA) is 147 Å². The second-order valence-corrected chi connectivity index (χ2v) is 4.22. The van der Waals surface area contributed by atoms with Crippen molar-refractivity contribution in [1.29, 1.82) is 0 Å². The number of nitrogens with zero attached hydrogens (tertiary/aromatic N) is 1. The molecule has 1 atom stereocenters. The number of nitro benzene ring substituents is 1. The number of nitrogens with one attached hydrogen (secondary N) is 1. The van der Waals surface area contributed by atoms with Crippen LogP contribution in [0.5, 0.6) is 0 Å². The average Bonchev–Trinajstić information content (AvgIpc) is 2.36. The van der Waals surface area contributed by atoms with Crippen LogP contribution >= 0.6 is 0 Å². The Morgan fingerprint density at radius 1 is 1.33 bits per heavy atom. The van der Waals surface area contributed by atoms with E-state index in [4.69, 9.17) is 10.2 Å². The van der Waals surface area contributed by atoms with Crippen molar-refractivity contribution < 1.29 is 29.5 Å². The van der Waals surface area contributed by atoms with Gasteiger partial charge in [0.1, 0.15) is 6.04 Å². The van der Waals surface area contributed by atoms with Crippen LogP contribution < -0.4 is 5.32 Å². The summed E-state index contributed by atoms with van der Waals surface area (Å²) in [6.45, 7) is 1.45. The zero-order valence-corrected chi connectivity index (χ0v) is 10.9. The molecular weight excluding hydrogens is 284 g/mol. The Morgan fingerprint density at radius 2 is 1.95 bits per heavy atom. The van der Waals surface area contributed by atoms with Gasteiger partial charge < -0.3 is 15.5 Å². The highest BCUT2D eigenvalue weighted by atomic mass is 16.6. The second kappa shape index (κ2) is 6.46. The Morgan fingerprint density at radius 3 is 2.38 bits per heavy atom. The smallest absolute Gasteiger partial charge is 0.326 e. The number of carboxylic acids is 2. The first-order valence-electron chi connectivity index (χ1n) is 5.73. The number of benzene rings is 1. The summed E-state index contributed by atoms with van der Waals surface area (Å²) in [5, 5.41) is 30.1. The van der Waals surface area contributed by atoms with Gasteiger partial charge in [-0.3, -0.25) is 19.7 Å². The van der Waals surface area contributed by atoms with Crippen LogP contribution in [0.3, 0.4) is 0 Å². The average molecular weight is 296 g/mol. The predicted molar refractivity (Wildman–Crippen MR) is 69.0 cm³/mol. The van der Waals surface area contributed by atoms with E-state index in [1.54, 1.807) is 0 Å². The molecule has 0 aromatic heterocycles. The zero-order chi connectivity index (χ0) is 16.2. The lowest BCUT2D eigenvalue weighted by Crippen LogP contribution is -2.42. The van der Waals surface area contributed by atoms with Gasteiger partial charge in [-0.05, 0) is 18.6 Å². The van der Waals surface area contributed by atoms with Crippen LogP contribution in [0.25, 0.3) is 0 Å². The minimum absolute atomic E-state index is 0.0391. The number of hydrogen-bond donors (Lipinski definition) is 3. The van der Waals surface area contributed by atoms with Gasteiger partial charge in [0.15, 0.2) is 0 Å². The molecule has 1 rings (SSSR count). The first-order valence-corrected chi connectivity index (χ1v) is 5.73. The molecular formula is C12H12N2O7. The fourth-order valence-corrected chi connectivity index (χ4v) is 1.63. The van der Waals surface area contributed by atoms with Gasteiger partial charge in [0.25, 0.3) is 11.6 Å². The van der Waals surface area contributed by atoms with Crippen LogP contribution in [-0.2, 0) is 9.59 Å². The number of non-ortho nitro benzene ring substituents is 1. The maximum Gasteiger partial charge on any atom is 0.326 e. The molecule has 0 aliphatic rings. The molecule has 1 aromatic rings. The van der Waals surface area contributed by atoms with E-state index in [1.807, 2.05) is 0 Å². The van der Waals surface area contributed by atoms with Crippen molar-refractivity contribution in [1.82, 2.24) is 5.32 Å². The molecule has 0 bridgehead atoms. The highest BCUT2D eigenvalue weighted by molar-refractivity contribution is 5.98. The van der Waals surface area contributed by atoms with Crippen LogP contribution in [-0.4, -0.2) is 39.0 Å². The first-order chi connectivity index (χ1) is 9.72. The van der Waals surface area contributed by atoms with Gasteiger partial charge in [0, 0.05) is 17.7 Å². The van der Waals surface area contributed by atoms with E-state index in [0.717, 1.165) is 6.07 Å². The van der Waals surface area contributed by atoms with E-state index in [1.165, 1.54) is 19.1 Å². The van der Waals surface area contributed by atoms with Crippen LogP contribution in [0.4, 0.5) is 5.69 Å². The Balaban J connectivity index is 2.95. The largest absolute Gasteiger partial charge is 0.481 e. The van der Waals surface area contributed by atoms with E-state index >= 15 is 0 Å². The SMILES string of the molecule is Cc1cc([N+](=O)[O-])ccc1C(=O)N[C@@H](CC(=O)O)C(=O)O. The fourth-order valence-electron chi connectivity index (χ4n) is 1.63. The monoisotopic (exact) mass is 296 g/mol. The lowest BCUT2D eigenvalue weighted by Gasteiger charge is -2.13. The number of rotatable bonds is 6. The fraction of sp³-hybridized carbons (Fsp3) is 0.250. The quantitative estimate of drug-likeness (QED) is 0.513. The maximum atomic E-state index is 11.9. The molecule has 0 unspecified atom stereocenters. The molecule has 9 nitrogen and oxygen atoms in total. The number of amides is 1. The van der Waals surface area contributed by atoms with Gasteiger partial charge in [-0.1, -0.05) is 0 Å². The van der Waals surface area contributed by atoms with Gasteiger partial charge >= 0.3 is 11.9 Å². The zero-order valence-electron chi connectivity index (χ0n) is 10.9. The number of carbonyl (C=O) groups excluding carboxylic acids is 1. The van der Waals surface area contributed by atoms with Crippen molar-refractivity contribution in [2.75, 3.05) is 0 Å². The summed E-state index contributed by atoms with van der Waals surface area (Å²) < 4.78 is 0. The number of carbonyl (C=O) groups is 3. The van der Waals surface area contributed by atoms with Crippen molar-refractivity contribution in [3.63, 3.8) is 0 Å². The normalized spacial score (nSPS) is 11.5. The molecule has 0 heterocycles. The van der Waals surface area contributed by atoms with E-state index in [0.29, 0.717) is 0 Å². The van der Waals surface area contributed by atoms with E-state index < -0.39 is 35.2 Å². The highest BCUT2D eigenvalue weighted by Crippen LogP contribution is 2.17. The van der Waals surface area contributed by atoms with Gasteiger partial charge in [0.05, 0.1) is 11.3 Å². The maximum absolute atomic E-state index is 11.9. The molecule has 0 spiro atoms. The number of aryl methyl sites for hydroxylation is 1. The lowest BCUT2D eigenvalue weighted by molar-refractivity contribution is -0.384. The van der Waals surface area contributed by atoms with Crippen molar-refractivity contribution >= 4 is 23.5 Å². The Kier molecular flexibility index (Phi) is 4.95. The third-order valence-electron chi connectivity index (χ3n) is 2.65. The lowest BCUT2D eigenvalue weighted by atomic mass is 10.1. The van der Waals surface area contributed by atoms with Crippen LogP contribution in [0.1, 0.15) is 22.3 Å². The molecule has 9 heteroatoms. The summed E-state index contributed by atoms with van der Waals surface area (Å²) in [5.74, 6) is -3.66. The molecule has 1 aromatic carbocycles. The number of aliphatic carboxylic acids is 2. The van der Waals surface area contributed by atoms with Crippen molar-refractivity contribution in [2.24, 2.45) is 0 Å². The Hall–Kier alpha value is -2.97. The number of carboxylic acid groups (broad SMARTS) is 2. The highest BCUT2D eigenvalue weighted by Gasteiger charge is 2.24. The predicted octanol–water partition coefficient (Wildman–Crippen LogP) is 0.561. The molecule has 0 fully saturated rings. The standard InChI is InChI=1S/C12H12N2O7/c1-6-4-7(14(20)21)2-3-8(6)11(17)13-9(12(18)19)5-10(15)16/h2-4,9H,5H2,1H3,(H,13,17)(H,15,16)(H,18,19)/t9-/m0/s1. The van der Waals surface area contributed by atoms with E-state index in [9.17, 15) is 24.5 Å². The molecule has 3 N–H and O–H groups in total. The van der Waals surface area contributed by atoms with Crippen molar-refractivity contribution in [2.45, 2.75) is 19.4 Å². The number of hydrogen-bond acceptors (Lipinski definition) is 5. The molecule has 0 saturated heterocycles. The summed E-state index contributed by atoms with van der Waals surface area (Å²) >= 11 is 0. The van der Waals surface area contributed by atoms with Gasteiger partial charge in [-0.15, -0.1) is 0 Å². The van der Waals surface area contributed by atoms with Crippen LogP contribution in [0.15, 0.2) is 18.2 Å². The summed E-state index contributed by atoms with van der Waals surface area (Å²) in [6.07, 6.45) is -0.771. The summed E-state index contributed by atoms with van der Waals surface area (Å²) in [4.78, 5) is 43.3. The number of nitro groups is 1. The van der Waals surface area contributed by atoms with Crippen molar-refractivity contribution in [3.05, 3.63) is 39.4 Å². The minimum atomic E-state index is -1.58. The Labute approximate surface area is 118 Å². The third kappa shape index (κ3) is 4.27. The molecule has 21 heavy (non-hydrogen) atoms. The summed E-state index contributed by atoms with van der Waals surface area (Å²) in [7, 11) is 0. The molecule has 0 saturated carbocycles. The molecule has 0 aliphatic carbocycles. The van der Waals surface area contributed by atoms with Crippen LogP contribution in [0.2, 0.25) is 0 Å². The van der Waals surface area contributed by atoms with E-state index in [-0.39, 0.29) is 16.8 Å². The Bertz CT molecular complexity index is 612. The van der Waals surface area contributed by atoms with Gasteiger partial charge in [-0.25, -0.2) is 4.79 Å².